The van der Waals surface area contributed by atoms with Crippen molar-refractivity contribution < 1.29 is 9.84 Å². The molecule has 1 N–H and O–H groups in total. The number of ether oxygens (including phenoxy) is 1. The highest BCUT2D eigenvalue weighted by Gasteiger charge is 2.35. The summed E-state index contributed by atoms with van der Waals surface area (Å²) in [6.45, 7) is 6.57. The van der Waals surface area contributed by atoms with Crippen molar-refractivity contribution in [3.63, 3.8) is 0 Å². The highest BCUT2D eigenvalue weighted by Crippen LogP contribution is 2.45. The van der Waals surface area contributed by atoms with E-state index in [9.17, 15) is 5.11 Å². The molecule has 0 fully saturated rings. The van der Waals surface area contributed by atoms with Gasteiger partial charge in [0.25, 0.3) is 0 Å². The molecule has 0 amide bonds. The van der Waals surface area contributed by atoms with E-state index >= 15 is 0 Å². The monoisotopic (exact) mass is 357 g/mol. The first-order valence-electron chi connectivity index (χ1n) is 9.30. The van der Waals surface area contributed by atoms with Crippen molar-refractivity contribution in [2.75, 3.05) is 13.7 Å². The Bertz CT molecular complexity index is 780. The summed E-state index contributed by atoms with van der Waals surface area (Å²) < 4.78 is 5.48. The largest absolute Gasteiger partial charge is 0.504 e. The summed E-state index contributed by atoms with van der Waals surface area (Å²) in [6, 6.07) is 6.81. The lowest BCUT2D eigenvalue weighted by Crippen LogP contribution is -2.38. The highest BCUT2D eigenvalue weighted by atomic mass is 32.1. The fourth-order valence-electron chi connectivity index (χ4n) is 4.22. The van der Waals surface area contributed by atoms with Crippen LogP contribution in [0.2, 0.25) is 0 Å². The number of aryl methyl sites for hydroxylation is 1. The van der Waals surface area contributed by atoms with Crippen LogP contribution in [0.5, 0.6) is 11.5 Å². The van der Waals surface area contributed by atoms with Crippen molar-refractivity contribution in [2.24, 2.45) is 5.92 Å². The van der Waals surface area contributed by atoms with Crippen LogP contribution in [0, 0.1) is 5.92 Å². The Hall–Kier alpha value is -1.52. The van der Waals surface area contributed by atoms with E-state index in [1.165, 1.54) is 18.4 Å². The van der Waals surface area contributed by atoms with Gasteiger partial charge in [0.1, 0.15) is 0 Å². The van der Waals surface area contributed by atoms with Crippen molar-refractivity contribution in [2.45, 2.75) is 52.1 Å². The minimum absolute atomic E-state index is 0.254. The Morgan fingerprint density at radius 1 is 1.36 bits per heavy atom. The van der Waals surface area contributed by atoms with E-state index in [0.717, 1.165) is 37.4 Å². The van der Waals surface area contributed by atoms with E-state index in [-0.39, 0.29) is 5.75 Å². The molecule has 3 heterocycles. The quantitative estimate of drug-likeness (QED) is 0.860. The van der Waals surface area contributed by atoms with E-state index in [1.807, 2.05) is 11.3 Å². The van der Waals surface area contributed by atoms with Gasteiger partial charge >= 0.3 is 0 Å². The molecule has 25 heavy (non-hydrogen) atoms. The molecule has 4 rings (SSSR count). The van der Waals surface area contributed by atoms with Crippen molar-refractivity contribution in [3.8, 4) is 11.5 Å². The Kier molecular flexibility index (Phi) is 4.50. The molecule has 3 nitrogen and oxygen atoms in total. The molecule has 0 aliphatic carbocycles. The standard InChI is InChI=1S/C21H27NO2S/c1-13(2)4-6-15-11-16-18-10-14-5-7-19(23)21(24-3)17(14)12-22(18)9-8-20(16)25-15/h5,7,11,13,18,23H,4,6,8-10,12H2,1-3H3. The smallest absolute Gasteiger partial charge is 0.165 e. The molecule has 2 aromatic rings. The second-order valence-electron chi connectivity index (χ2n) is 7.72. The fourth-order valence-corrected chi connectivity index (χ4v) is 5.45. The van der Waals surface area contributed by atoms with Crippen molar-refractivity contribution >= 4 is 11.3 Å². The van der Waals surface area contributed by atoms with Gasteiger partial charge in [-0.3, -0.25) is 4.90 Å². The molecule has 0 radical (unpaired) electrons. The lowest BCUT2D eigenvalue weighted by molar-refractivity contribution is 0.159. The highest BCUT2D eigenvalue weighted by molar-refractivity contribution is 7.12. The molecule has 0 saturated carbocycles. The first kappa shape index (κ1) is 16.9. The third kappa shape index (κ3) is 3.06. The van der Waals surface area contributed by atoms with Crippen molar-refractivity contribution in [1.29, 1.82) is 0 Å². The summed E-state index contributed by atoms with van der Waals surface area (Å²) in [5, 5.41) is 10.1. The van der Waals surface area contributed by atoms with E-state index in [2.05, 4.69) is 30.9 Å². The maximum Gasteiger partial charge on any atom is 0.165 e. The first-order chi connectivity index (χ1) is 12.1. The molecule has 0 spiro atoms. The van der Waals surface area contributed by atoms with Crippen LogP contribution in [0.3, 0.4) is 0 Å². The summed E-state index contributed by atoms with van der Waals surface area (Å²) in [7, 11) is 1.65. The van der Waals surface area contributed by atoms with Crippen LogP contribution >= 0.6 is 11.3 Å². The van der Waals surface area contributed by atoms with Gasteiger partial charge in [-0.2, -0.15) is 0 Å². The number of fused-ring (bicyclic) bond motifs is 4. The number of phenolic OH excluding ortho intramolecular Hbond substituents is 1. The van der Waals surface area contributed by atoms with Gasteiger partial charge in [-0.1, -0.05) is 19.9 Å². The summed E-state index contributed by atoms with van der Waals surface area (Å²) in [5.74, 6) is 1.67. The molecule has 1 atom stereocenters. The molecular formula is C21H27NO2S. The van der Waals surface area contributed by atoms with E-state index < -0.39 is 0 Å². The number of methoxy groups -OCH3 is 1. The van der Waals surface area contributed by atoms with Gasteiger partial charge in [0.2, 0.25) is 0 Å². The molecule has 2 aliphatic rings. The van der Waals surface area contributed by atoms with Crippen LogP contribution in [-0.2, 0) is 25.8 Å². The molecule has 1 unspecified atom stereocenters. The van der Waals surface area contributed by atoms with Crippen molar-refractivity contribution in [3.05, 3.63) is 44.6 Å². The minimum atomic E-state index is 0.254. The zero-order valence-corrected chi connectivity index (χ0v) is 16.2. The van der Waals surface area contributed by atoms with Crippen LogP contribution in [0.25, 0.3) is 0 Å². The number of thiophene rings is 1. The number of nitrogens with zero attached hydrogens (tertiary/aromatic N) is 1. The fraction of sp³-hybridized carbons (Fsp3) is 0.524. The lowest BCUT2D eigenvalue weighted by atomic mass is 9.86. The molecule has 0 saturated heterocycles. The molecule has 2 aliphatic heterocycles. The Balaban J connectivity index is 1.64. The van der Waals surface area contributed by atoms with Gasteiger partial charge < -0.3 is 9.84 Å². The van der Waals surface area contributed by atoms with Crippen LogP contribution in [0.1, 0.15) is 52.8 Å². The molecule has 134 valence electrons. The van der Waals surface area contributed by atoms with Gasteiger partial charge in [0.05, 0.1) is 7.11 Å². The average molecular weight is 358 g/mol. The molecule has 1 aromatic carbocycles. The zero-order chi connectivity index (χ0) is 17.6. The van der Waals surface area contributed by atoms with E-state index in [0.29, 0.717) is 11.8 Å². The number of phenols is 1. The van der Waals surface area contributed by atoms with Crippen LogP contribution in [0.15, 0.2) is 18.2 Å². The zero-order valence-electron chi connectivity index (χ0n) is 15.3. The average Bonchev–Trinajstić information content (AvgIpc) is 3.02. The predicted octanol–water partition coefficient (Wildman–Crippen LogP) is 4.71. The van der Waals surface area contributed by atoms with Gasteiger partial charge in [0.15, 0.2) is 11.5 Å². The molecule has 0 bridgehead atoms. The first-order valence-corrected chi connectivity index (χ1v) is 10.1. The Morgan fingerprint density at radius 3 is 2.96 bits per heavy atom. The van der Waals surface area contributed by atoms with Gasteiger partial charge in [-0.15, -0.1) is 11.3 Å². The maximum atomic E-state index is 10.1. The topological polar surface area (TPSA) is 32.7 Å². The Morgan fingerprint density at radius 2 is 2.20 bits per heavy atom. The SMILES string of the molecule is COc1c(O)ccc2c1CN1CCc3sc(CCC(C)C)cc3C1C2. The number of aromatic hydroxyl groups is 1. The predicted molar refractivity (Wildman–Crippen MR) is 103 cm³/mol. The van der Waals surface area contributed by atoms with Gasteiger partial charge in [-0.05, 0) is 54.9 Å². The van der Waals surface area contributed by atoms with Gasteiger partial charge in [0, 0.05) is 34.4 Å². The number of benzene rings is 1. The Labute approximate surface area is 154 Å². The number of rotatable bonds is 4. The van der Waals surface area contributed by atoms with Crippen molar-refractivity contribution in [1.82, 2.24) is 4.90 Å². The maximum absolute atomic E-state index is 10.1. The molecule has 1 aromatic heterocycles. The molecular weight excluding hydrogens is 330 g/mol. The normalized spacial score (nSPS) is 19.4. The van der Waals surface area contributed by atoms with Crippen LogP contribution in [-0.4, -0.2) is 23.7 Å². The minimum Gasteiger partial charge on any atom is -0.504 e. The summed E-state index contributed by atoms with van der Waals surface area (Å²) in [6.07, 6.45) is 4.64. The third-order valence-corrected chi connectivity index (χ3v) is 6.87. The molecule has 4 heteroatoms. The number of hydrogen-bond donors (Lipinski definition) is 1. The lowest BCUT2D eigenvalue weighted by Gasteiger charge is -2.40. The van der Waals surface area contributed by atoms with Gasteiger partial charge in [-0.25, -0.2) is 0 Å². The van der Waals surface area contributed by atoms with E-state index in [4.69, 9.17) is 4.74 Å². The summed E-state index contributed by atoms with van der Waals surface area (Å²) in [5.41, 5.74) is 4.03. The summed E-state index contributed by atoms with van der Waals surface area (Å²) >= 11 is 2.03. The summed E-state index contributed by atoms with van der Waals surface area (Å²) in [4.78, 5) is 5.70. The third-order valence-electron chi connectivity index (χ3n) is 5.60. The van der Waals surface area contributed by atoms with E-state index in [1.54, 1.807) is 28.5 Å². The van der Waals surface area contributed by atoms with Crippen LogP contribution < -0.4 is 4.74 Å². The number of hydrogen-bond acceptors (Lipinski definition) is 4. The second-order valence-corrected chi connectivity index (χ2v) is 8.94. The van der Waals surface area contributed by atoms with Crippen LogP contribution in [0.4, 0.5) is 0 Å². The second kappa shape index (κ2) is 6.65.